The zero-order valence-corrected chi connectivity index (χ0v) is 14.9. The Morgan fingerprint density at radius 3 is 2.10 bits per heavy atom. The van der Waals surface area contributed by atoms with E-state index in [4.69, 9.17) is 58.0 Å². The molecular weight excluding hydrogens is 371 g/mol. The molecule has 0 unspecified atom stereocenters. The molecule has 0 radical (unpaired) electrons. The van der Waals surface area contributed by atoms with Crippen LogP contribution in [0.2, 0.25) is 25.1 Å². The van der Waals surface area contributed by atoms with Crippen LogP contribution in [0.4, 0.5) is 0 Å². The highest BCUT2D eigenvalue weighted by atomic mass is 35.5. The monoisotopic (exact) mass is 381 g/mol. The molecule has 0 aliphatic heterocycles. The maximum atomic E-state index is 6.32. The summed E-state index contributed by atoms with van der Waals surface area (Å²) in [6, 6.07) is 7.10. The fourth-order valence-corrected chi connectivity index (χ4v) is 3.19. The van der Waals surface area contributed by atoms with Crippen molar-refractivity contribution in [1.29, 1.82) is 0 Å². The third-order valence-electron chi connectivity index (χ3n) is 3.02. The lowest BCUT2D eigenvalue weighted by atomic mass is 9.99. The van der Waals surface area contributed by atoms with Crippen LogP contribution in [0, 0.1) is 0 Å². The Kier molecular flexibility index (Phi) is 6.07. The summed E-state index contributed by atoms with van der Waals surface area (Å²) in [6.07, 6.45) is 0. The van der Waals surface area contributed by atoms with Gasteiger partial charge in [0.1, 0.15) is 0 Å². The normalized spacial score (nSPS) is 11.0. The summed E-state index contributed by atoms with van der Waals surface area (Å²) in [5, 5.41) is 5.31. The SMILES string of the molecule is CCNCc1ccc(Cl)cc1-c1c(Cl)c(Cl)cc(Cl)c1Cl. The van der Waals surface area contributed by atoms with Gasteiger partial charge in [-0.1, -0.05) is 71.0 Å². The molecule has 0 fully saturated rings. The molecule has 21 heavy (non-hydrogen) atoms. The van der Waals surface area contributed by atoms with E-state index >= 15 is 0 Å². The molecule has 2 rings (SSSR count). The van der Waals surface area contributed by atoms with E-state index in [2.05, 4.69) is 5.32 Å². The van der Waals surface area contributed by atoms with Crippen molar-refractivity contribution in [3.05, 3.63) is 54.9 Å². The van der Waals surface area contributed by atoms with Crippen molar-refractivity contribution < 1.29 is 0 Å². The van der Waals surface area contributed by atoms with Crippen molar-refractivity contribution in [2.75, 3.05) is 6.54 Å². The van der Waals surface area contributed by atoms with E-state index in [1.165, 1.54) is 6.07 Å². The Morgan fingerprint density at radius 2 is 1.52 bits per heavy atom. The van der Waals surface area contributed by atoms with E-state index in [9.17, 15) is 0 Å². The van der Waals surface area contributed by atoms with E-state index in [0.717, 1.165) is 17.7 Å². The number of hydrogen-bond donors (Lipinski definition) is 1. The molecule has 112 valence electrons. The summed E-state index contributed by atoms with van der Waals surface area (Å²) in [7, 11) is 0. The van der Waals surface area contributed by atoms with Crippen LogP contribution in [0.15, 0.2) is 24.3 Å². The average Bonchev–Trinajstić information content (AvgIpc) is 2.45. The zero-order valence-electron chi connectivity index (χ0n) is 11.1. The Hall–Kier alpha value is -0.150. The van der Waals surface area contributed by atoms with Crippen molar-refractivity contribution >= 4 is 58.0 Å². The van der Waals surface area contributed by atoms with Gasteiger partial charge in [0.2, 0.25) is 0 Å². The van der Waals surface area contributed by atoms with E-state index in [0.29, 0.717) is 37.2 Å². The van der Waals surface area contributed by atoms with Crippen molar-refractivity contribution in [1.82, 2.24) is 5.32 Å². The minimum atomic E-state index is 0.357. The second kappa shape index (κ2) is 7.41. The molecule has 2 aromatic carbocycles. The zero-order chi connectivity index (χ0) is 15.6. The molecule has 0 amide bonds. The van der Waals surface area contributed by atoms with Crippen LogP contribution in [0.5, 0.6) is 0 Å². The van der Waals surface area contributed by atoms with Gasteiger partial charge in [-0.3, -0.25) is 0 Å². The number of rotatable bonds is 4. The molecule has 1 N–H and O–H groups in total. The standard InChI is InChI=1S/C15H12Cl5N/c1-2-21-7-8-3-4-9(16)5-10(8)13-14(19)11(17)6-12(18)15(13)20/h3-6,21H,2,7H2,1H3. The molecule has 0 spiro atoms. The van der Waals surface area contributed by atoms with Gasteiger partial charge >= 0.3 is 0 Å². The smallest absolute Gasteiger partial charge is 0.0686 e. The third-order valence-corrected chi connectivity index (χ3v) is 4.83. The van der Waals surface area contributed by atoms with Crippen LogP contribution in [0.1, 0.15) is 12.5 Å². The number of nitrogens with one attached hydrogen (secondary N) is 1. The highest BCUT2D eigenvalue weighted by Crippen LogP contribution is 2.44. The van der Waals surface area contributed by atoms with E-state index in [1.54, 1.807) is 0 Å². The average molecular weight is 384 g/mol. The van der Waals surface area contributed by atoms with Gasteiger partial charge in [0.25, 0.3) is 0 Å². The fourth-order valence-electron chi connectivity index (χ4n) is 2.00. The lowest BCUT2D eigenvalue weighted by Crippen LogP contribution is -2.12. The summed E-state index contributed by atoms with van der Waals surface area (Å²) >= 11 is 31.0. The first-order valence-corrected chi connectivity index (χ1v) is 8.17. The second-order valence-electron chi connectivity index (χ2n) is 4.42. The lowest BCUT2D eigenvalue weighted by Gasteiger charge is -2.15. The summed E-state index contributed by atoms with van der Waals surface area (Å²) < 4.78 is 0. The molecule has 6 heteroatoms. The minimum Gasteiger partial charge on any atom is -0.313 e. The predicted molar refractivity (Wildman–Crippen MR) is 94.3 cm³/mol. The van der Waals surface area contributed by atoms with Crippen LogP contribution in [-0.2, 0) is 6.54 Å². The van der Waals surface area contributed by atoms with Crippen molar-refractivity contribution in [3.63, 3.8) is 0 Å². The molecule has 0 aromatic heterocycles. The minimum absolute atomic E-state index is 0.357. The molecular formula is C15H12Cl5N. The third kappa shape index (κ3) is 3.79. The molecule has 0 heterocycles. The molecule has 0 aliphatic carbocycles. The number of halogens is 5. The van der Waals surface area contributed by atoms with E-state index in [1.807, 2.05) is 25.1 Å². The highest BCUT2D eigenvalue weighted by molar-refractivity contribution is 6.50. The Labute approximate surface area is 149 Å². The van der Waals surface area contributed by atoms with Crippen LogP contribution < -0.4 is 5.32 Å². The molecule has 0 atom stereocenters. The summed E-state index contributed by atoms with van der Waals surface area (Å²) in [4.78, 5) is 0. The van der Waals surface area contributed by atoms with Crippen molar-refractivity contribution in [2.45, 2.75) is 13.5 Å². The quantitative estimate of drug-likeness (QED) is 0.577. The van der Waals surface area contributed by atoms with Gasteiger partial charge in [0.05, 0.1) is 20.1 Å². The lowest BCUT2D eigenvalue weighted by molar-refractivity contribution is 0.728. The summed E-state index contributed by atoms with van der Waals surface area (Å²) in [5.41, 5.74) is 2.44. The molecule has 0 bridgehead atoms. The van der Waals surface area contributed by atoms with Crippen molar-refractivity contribution in [2.24, 2.45) is 0 Å². The van der Waals surface area contributed by atoms with Gasteiger partial charge in [-0.05, 0) is 35.9 Å². The number of hydrogen-bond acceptors (Lipinski definition) is 1. The van der Waals surface area contributed by atoms with Crippen molar-refractivity contribution in [3.8, 4) is 11.1 Å². The molecule has 1 nitrogen and oxygen atoms in total. The van der Waals surface area contributed by atoms with E-state index < -0.39 is 0 Å². The maximum Gasteiger partial charge on any atom is 0.0686 e. The largest absolute Gasteiger partial charge is 0.313 e. The second-order valence-corrected chi connectivity index (χ2v) is 6.43. The Morgan fingerprint density at radius 1 is 0.905 bits per heavy atom. The molecule has 0 aliphatic rings. The molecule has 2 aromatic rings. The van der Waals surface area contributed by atoms with Crippen LogP contribution in [0.3, 0.4) is 0 Å². The fraction of sp³-hybridized carbons (Fsp3) is 0.200. The number of benzene rings is 2. The van der Waals surface area contributed by atoms with Crippen LogP contribution in [-0.4, -0.2) is 6.54 Å². The predicted octanol–water partition coefficient (Wildman–Crippen LogP) is 6.73. The first-order chi connectivity index (χ1) is 9.95. The maximum absolute atomic E-state index is 6.32. The van der Waals surface area contributed by atoms with Gasteiger partial charge in [0, 0.05) is 17.1 Å². The Balaban J connectivity index is 2.68. The van der Waals surface area contributed by atoms with Crippen LogP contribution >= 0.6 is 58.0 Å². The summed E-state index contributed by atoms with van der Waals surface area (Å²) in [6.45, 7) is 3.55. The van der Waals surface area contributed by atoms with Gasteiger partial charge in [-0.2, -0.15) is 0 Å². The molecule has 0 saturated heterocycles. The topological polar surface area (TPSA) is 12.0 Å². The van der Waals surface area contributed by atoms with E-state index in [-0.39, 0.29) is 0 Å². The first-order valence-electron chi connectivity index (χ1n) is 6.28. The first kappa shape index (κ1) is 17.2. The van der Waals surface area contributed by atoms with Gasteiger partial charge in [-0.25, -0.2) is 0 Å². The highest BCUT2D eigenvalue weighted by Gasteiger charge is 2.18. The van der Waals surface area contributed by atoms with Gasteiger partial charge < -0.3 is 5.32 Å². The summed E-state index contributed by atoms with van der Waals surface area (Å²) in [5.74, 6) is 0. The molecule has 0 saturated carbocycles. The van der Waals surface area contributed by atoms with Crippen LogP contribution in [0.25, 0.3) is 11.1 Å². The Bertz CT molecular complexity index is 643. The van der Waals surface area contributed by atoms with Gasteiger partial charge in [0.15, 0.2) is 0 Å². The van der Waals surface area contributed by atoms with Gasteiger partial charge in [-0.15, -0.1) is 0 Å².